The van der Waals surface area contributed by atoms with Crippen molar-refractivity contribution in [1.29, 1.82) is 0 Å². The van der Waals surface area contributed by atoms with Gasteiger partial charge in [0.1, 0.15) is 6.54 Å². The van der Waals surface area contributed by atoms with Crippen LogP contribution in [0.2, 0.25) is 0 Å². The lowest BCUT2D eigenvalue weighted by molar-refractivity contribution is -0.116. The number of amides is 1. The fourth-order valence-electron chi connectivity index (χ4n) is 1.34. The van der Waals surface area contributed by atoms with Crippen molar-refractivity contribution in [3.8, 4) is 0 Å². The minimum Gasteiger partial charge on any atom is -0.306 e. The Hall–Kier alpha value is -1.95. The van der Waals surface area contributed by atoms with Gasteiger partial charge in [0.2, 0.25) is 5.91 Å². The molecule has 0 radical (unpaired) electrons. The van der Waals surface area contributed by atoms with Crippen LogP contribution in [0.5, 0.6) is 0 Å². The van der Waals surface area contributed by atoms with Crippen LogP contribution in [0.25, 0.3) is 0 Å². The first-order valence-corrected chi connectivity index (χ1v) is 5.89. The van der Waals surface area contributed by atoms with Crippen molar-refractivity contribution < 1.29 is 4.79 Å². The van der Waals surface area contributed by atoms with E-state index in [9.17, 15) is 9.59 Å². The van der Waals surface area contributed by atoms with Gasteiger partial charge in [-0.3, -0.25) is 9.59 Å². The van der Waals surface area contributed by atoms with Crippen LogP contribution < -0.4 is 10.9 Å². The largest absolute Gasteiger partial charge is 0.306 e. The van der Waals surface area contributed by atoms with Gasteiger partial charge in [-0.05, 0) is 18.6 Å². The lowest BCUT2D eigenvalue weighted by Crippen LogP contribution is -2.26. The summed E-state index contributed by atoms with van der Waals surface area (Å²) in [6, 6.07) is 3.29. The zero-order chi connectivity index (χ0) is 12.3. The van der Waals surface area contributed by atoms with Crippen LogP contribution in [0.3, 0.4) is 0 Å². The van der Waals surface area contributed by atoms with Crippen LogP contribution in [0.1, 0.15) is 5.56 Å². The molecule has 2 rings (SSSR count). The van der Waals surface area contributed by atoms with E-state index in [-0.39, 0.29) is 18.0 Å². The number of pyridine rings is 1. The van der Waals surface area contributed by atoms with Crippen LogP contribution in [0.4, 0.5) is 5.13 Å². The zero-order valence-electron chi connectivity index (χ0n) is 9.21. The third kappa shape index (κ3) is 3.01. The second-order valence-electron chi connectivity index (χ2n) is 3.56. The molecule has 2 heterocycles. The Kier molecular flexibility index (Phi) is 3.34. The van der Waals surface area contributed by atoms with Crippen molar-refractivity contribution in [2.75, 3.05) is 5.32 Å². The SMILES string of the molecule is Cc1ccn(CC(=O)Nc2nccs2)c(=O)c1. The van der Waals surface area contributed by atoms with E-state index in [0.29, 0.717) is 5.13 Å². The molecule has 0 saturated carbocycles. The summed E-state index contributed by atoms with van der Waals surface area (Å²) in [5.41, 5.74) is 0.700. The molecule has 0 unspecified atom stereocenters. The number of aryl methyl sites for hydroxylation is 1. The summed E-state index contributed by atoms with van der Waals surface area (Å²) in [5, 5.41) is 4.93. The first-order chi connectivity index (χ1) is 8.15. The van der Waals surface area contributed by atoms with Gasteiger partial charge in [0.25, 0.3) is 5.56 Å². The number of nitrogens with one attached hydrogen (secondary N) is 1. The van der Waals surface area contributed by atoms with Gasteiger partial charge in [-0.1, -0.05) is 0 Å². The van der Waals surface area contributed by atoms with Gasteiger partial charge < -0.3 is 9.88 Å². The normalized spacial score (nSPS) is 10.2. The van der Waals surface area contributed by atoms with E-state index in [2.05, 4.69) is 10.3 Å². The van der Waals surface area contributed by atoms with Gasteiger partial charge in [-0.2, -0.15) is 0 Å². The Morgan fingerprint density at radius 1 is 1.59 bits per heavy atom. The molecule has 0 fully saturated rings. The molecule has 88 valence electrons. The van der Waals surface area contributed by atoms with Gasteiger partial charge in [0.05, 0.1) is 0 Å². The molecular formula is C11H11N3O2S. The first-order valence-electron chi connectivity index (χ1n) is 5.01. The average Bonchev–Trinajstić information content (AvgIpc) is 2.75. The molecule has 0 aromatic carbocycles. The maximum atomic E-state index is 11.6. The molecule has 0 saturated heterocycles. The summed E-state index contributed by atoms with van der Waals surface area (Å²) < 4.78 is 1.36. The highest BCUT2D eigenvalue weighted by Crippen LogP contribution is 2.09. The molecule has 0 aliphatic rings. The smallest absolute Gasteiger partial charge is 0.251 e. The fraction of sp³-hybridized carbons (Fsp3) is 0.182. The van der Waals surface area contributed by atoms with E-state index < -0.39 is 0 Å². The Morgan fingerprint density at radius 2 is 2.41 bits per heavy atom. The molecule has 17 heavy (non-hydrogen) atoms. The second kappa shape index (κ2) is 4.92. The molecule has 2 aromatic heterocycles. The van der Waals surface area contributed by atoms with Crippen molar-refractivity contribution in [3.05, 3.63) is 45.8 Å². The van der Waals surface area contributed by atoms with Crippen molar-refractivity contribution in [1.82, 2.24) is 9.55 Å². The van der Waals surface area contributed by atoms with Gasteiger partial charge >= 0.3 is 0 Å². The highest BCUT2D eigenvalue weighted by atomic mass is 32.1. The Labute approximate surface area is 102 Å². The minimum absolute atomic E-state index is 0.00130. The number of nitrogens with zero attached hydrogens (tertiary/aromatic N) is 2. The molecule has 6 heteroatoms. The summed E-state index contributed by atoms with van der Waals surface area (Å²) in [6.45, 7) is 1.83. The predicted octanol–water partition coefficient (Wildman–Crippen LogP) is 1.25. The maximum Gasteiger partial charge on any atom is 0.251 e. The molecule has 5 nitrogen and oxygen atoms in total. The fourth-order valence-corrected chi connectivity index (χ4v) is 1.88. The van der Waals surface area contributed by atoms with Gasteiger partial charge in [-0.15, -0.1) is 11.3 Å². The molecule has 0 aliphatic heterocycles. The average molecular weight is 249 g/mol. The zero-order valence-corrected chi connectivity index (χ0v) is 10.0. The van der Waals surface area contributed by atoms with Gasteiger partial charge in [0, 0.05) is 23.8 Å². The van der Waals surface area contributed by atoms with Crippen LogP contribution in [-0.2, 0) is 11.3 Å². The summed E-state index contributed by atoms with van der Waals surface area (Å²) >= 11 is 1.34. The number of hydrogen-bond acceptors (Lipinski definition) is 4. The number of rotatable bonds is 3. The second-order valence-corrected chi connectivity index (χ2v) is 4.45. The lowest BCUT2D eigenvalue weighted by Gasteiger charge is -2.05. The molecular weight excluding hydrogens is 238 g/mol. The molecule has 0 aliphatic carbocycles. The van der Waals surface area contributed by atoms with E-state index >= 15 is 0 Å². The number of thiazole rings is 1. The van der Waals surface area contributed by atoms with Crippen LogP contribution in [0.15, 0.2) is 34.7 Å². The first kappa shape index (κ1) is 11.5. The van der Waals surface area contributed by atoms with Crippen molar-refractivity contribution in [3.63, 3.8) is 0 Å². The lowest BCUT2D eigenvalue weighted by atomic mass is 10.3. The molecule has 0 bridgehead atoms. The van der Waals surface area contributed by atoms with Crippen LogP contribution in [-0.4, -0.2) is 15.5 Å². The number of anilines is 1. The standard InChI is InChI=1S/C11H11N3O2S/c1-8-2-4-14(10(16)6-8)7-9(15)13-11-12-3-5-17-11/h2-6H,7H2,1H3,(H,12,13,15). The van der Waals surface area contributed by atoms with E-state index in [1.54, 1.807) is 23.8 Å². The van der Waals surface area contributed by atoms with Gasteiger partial charge in [-0.25, -0.2) is 4.98 Å². The molecule has 2 aromatic rings. The quantitative estimate of drug-likeness (QED) is 0.890. The highest BCUT2D eigenvalue weighted by Gasteiger charge is 2.06. The highest BCUT2D eigenvalue weighted by molar-refractivity contribution is 7.13. The van der Waals surface area contributed by atoms with E-state index in [1.807, 2.05) is 6.92 Å². The number of hydrogen-bond donors (Lipinski definition) is 1. The Balaban J connectivity index is 2.06. The Morgan fingerprint density at radius 3 is 3.06 bits per heavy atom. The molecule has 1 N–H and O–H groups in total. The van der Waals surface area contributed by atoms with Gasteiger partial charge in [0.15, 0.2) is 5.13 Å². The third-order valence-electron chi connectivity index (χ3n) is 2.14. The minimum atomic E-state index is -0.258. The van der Waals surface area contributed by atoms with E-state index in [1.165, 1.54) is 22.0 Å². The molecule has 0 atom stereocenters. The van der Waals surface area contributed by atoms with Crippen molar-refractivity contribution >= 4 is 22.4 Å². The van der Waals surface area contributed by atoms with Crippen LogP contribution in [0, 0.1) is 6.92 Å². The number of carbonyl (C=O) groups excluding carboxylic acids is 1. The molecule has 1 amide bonds. The van der Waals surface area contributed by atoms with Crippen molar-refractivity contribution in [2.24, 2.45) is 0 Å². The van der Waals surface area contributed by atoms with Crippen LogP contribution >= 0.6 is 11.3 Å². The van der Waals surface area contributed by atoms with Crippen molar-refractivity contribution in [2.45, 2.75) is 13.5 Å². The molecule has 0 spiro atoms. The third-order valence-corrected chi connectivity index (χ3v) is 2.83. The van der Waals surface area contributed by atoms with E-state index in [0.717, 1.165) is 5.56 Å². The predicted molar refractivity (Wildman–Crippen MR) is 66.2 cm³/mol. The topological polar surface area (TPSA) is 64.0 Å². The maximum absolute atomic E-state index is 11.6. The number of aromatic nitrogens is 2. The monoisotopic (exact) mass is 249 g/mol. The van der Waals surface area contributed by atoms with E-state index in [4.69, 9.17) is 0 Å². The summed E-state index contributed by atoms with van der Waals surface area (Å²) in [7, 11) is 0. The summed E-state index contributed by atoms with van der Waals surface area (Å²) in [6.07, 6.45) is 3.22. The summed E-state index contributed by atoms with van der Waals surface area (Å²) in [5.74, 6) is -0.258. The Bertz CT molecular complexity index is 575. The summed E-state index contributed by atoms with van der Waals surface area (Å²) in [4.78, 5) is 27.1. The number of carbonyl (C=O) groups is 1.